The van der Waals surface area contributed by atoms with Gasteiger partial charge in [-0.3, -0.25) is 4.79 Å². The minimum Gasteiger partial charge on any atom is -0.342 e. The zero-order chi connectivity index (χ0) is 15.7. The van der Waals surface area contributed by atoms with Crippen LogP contribution in [0, 0.1) is 5.92 Å². The predicted molar refractivity (Wildman–Crippen MR) is 79.9 cm³/mol. The molecular formula is C15H21N5O2. The first-order valence-electron chi connectivity index (χ1n) is 7.66. The van der Waals surface area contributed by atoms with Crippen LogP contribution in [0.15, 0.2) is 16.9 Å². The molecule has 3 rings (SSSR count). The SMILES string of the molecule is CC(C)C(=O)N1CCC(c2nc(-c3nccn3C)no2)CC1. The van der Waals surface area contributed by atoms with Crippen LogP contribution < -0.4 is 0 Å². The molecule has 3 heterocycles. The van der Waals surface area contributed by atoms with Crippen molar-refractivity contribution < 1.29 is 9.32 Å². The van der Waals surface area contributed by atoms with Gasteiger partial charge >= 0.3 is 0 Å². The number of carbonyl (C=O) groups excluding carboxylic acids is 1. The van der Waals surface area contributed by atoms with Gasteiger partial charge in [0.2, 0.25) is 17.6 Å². The van der Waals surface area contributed by atoms with Crippen molar-refractivity contribution in [2.24, 2.45) is 13.0 Å². The van der Waals surface area contributed by atoms with E-state index in [1.165, 1.54) is 0 Å². The Balaban J connectivity index is 1.66. The molecule has 0 N–H and O–H groups in total. The number of likely N-dealkylation sites (tertiary alicyclic amines) is 1. The molecule has 0 radical (unpaired) electrons. The van der Waals surface area contributed by atoms with Gasteiger partial charge in [-0.15, -0.1) is 0 Å². The van der Waals surface area contributed by atoms with Crippen molar-refractivity contribution in [1.82, 2.24) is 24.6 Å². The molecule has 0 spiro atoms. The molecule has 1 fully saturated rings. The number of aromatic nitrogens is 4. The van der Waals surface area contributed by atoms with Gasteiger partial charge in [0, 0.05) is 44.4 Å². The van der Waals surface area contributed by atoms with Crippen LogP contribution in [-0.4, -0.2) is 43.6 Å². The van der Waals surface area contributed by atoms with Gasteiger partial charge in [-0.1, -0.05) is 19.0 Å². The van der Waals surface area contributed by atoms with E-state index in [9.17, 15) is 4.79 Å². The van der Waals surface area contributed by atoms with Gasteiger partial charge in [0.05, 0.1) is 0 Å². The second kappa shape index (κ2) is 5.90. The van der Waals surface area contributed by atoms with Gasteiger partial charge in [0.15, 0.2) is 5.82 Å². The average molecular weight is 303 g/mol. The normalized spacial score (nSPS) is 16.5. The largest absolute Gasteiger partial charge is 0.342 e. The second-order valence-corrected chi connectivity index (χ2v) is 6.07. The predicted octanol–water partition coefficient (Wildman–Crippen LogP) is 1.83. The molecule has 118 valence electrons. The third-order valence-corrected chi connectivity index (χ3v) is 4.11. The summed E-state index contributed by atoms with van der Waals surface area (Å²) in [4.78, 5) is 22.6. The summed E-state index contributed by atoms with van der Waals surface area (Å²) in [5.74, 6) is 2.35. The van der Waals surface area contributed by atoms with Crippen LogP contribution in [0.5, 0.6) is 0 Å². The standard InChI is InChI=1S/C15H21N5O2/c1-10(2)15(21)20-7-4-11(5-8-20)14-17-12(18-22-14)13-16-6-9-19(13)3/h6,9-11H,4-5,7-8H2,1-3H3. The first-order chi connectivity index (χ1) is 10.6. The van der Waals surface area contributed by atoms with Crippen LogP contribution in [0.1, 0.15) is 38.5 Å². The zero-order valence-corrected chi connectivity index (χ0v) is 13.2. The summed E-state index contributed by atoms with van der Waals surface area (Å²) < 4.78 is 7.27. The lowest BCUT2D eigenvalue weighted by Crippen LogP contribution is -2.40. The highest BCUT2D eigenvalue weighted by atomic mass is 16.5. The molecule has 1 aliphatic rings. The van der Waals surface area contributed by atoms with E-state index in [1.807, 2.05) is 36.6 Å². The minimum absolute atomic E-state index is 0.0509. The van der Waals surface area contributed by atoms with Crippen molar-refractivity contribution in [2.45, 2.75) is 32.6 Å². The summed E-state index contributed by atoms with van der Waals surface area (Å²) >= 11 is 0. The Morgan fingerprint density at radius 2 is 2.09 bits per heavy atom. The van der Waals surface area contributed by atoms with E-state index < -0.39 is 0 Å². The van der Waals surface area contributed by atoms with Crippen LogP contribution >= 0.6 is 0 Å². The molecule has 7 nitrogen and oxygen atoms in total. The summed E-state index contributed by atoms with van der Waals surface area (Å²) in [6, 6.07) is 0. The molecule has 7 heteroatoms. The van der Waals surface area contributed by atoms with Crippen LogP contribution in [0.25, 0.3) is 11.6 Å². The van der Waals surface area contributed by atoms with Gasteiger partial charge in [-0.25, -0.2) is 4.98 Å². The van der Waals surface area contributed by atoms with Gasteiger partial charge in [0.1, 0.15) is 0 Å². The Kier molecular flexibility index (Phi) is 3.96. The average Bonchev–Trinajstić information content (AvgIpc) is 3.15. The van der Waals surface area contributed by atoms with Gasteiger partial charge in [-0.2, -0.15) is 4.98 Å². The summed E-state index contributed by atoms with van der Waals surface area (Å²) in [7, 11) is 1.90. The third-order valence-electron chi connectivity index (χ3n) is 4.11. The lowest BCUT2D eigenvalue weighted by molar-refractivity contribution is -0.135. The highest BCUT2D eigenvalue weighted by molar-refractivity contribution is 5.78. The maximum absolute atomic E-state index is 12.0. The van der Waals surface area contributed by atoms with Gasteiger partial charge in [-0.05, 0) is 12.8 Å². The fraction of sp³-hybridized carbons (Fsp3) is 0.600. The monoisotopic (exact) mass is 303 g/mol. The maximum atomic E-state index is 12.0. The minimum atomic E-state index is 0.0509. The van der Waals surface area contributed by atoms with Crippen LogP contribution in [0.3, 0.4) is 0 Å². The first-order valence-corrected chi connectivity index (χ1v) is 7.66. The van der Waals surface area contributed by atoms with Crippen LogP contribution in [0.2, 0.25) is 0 Å². The quantitative estimate of drug-likeness (QED) is 0.864. The Morgan fingerprint density at radius 3 is 2.68 bits per heavy atom. The molecule has 0 bridgehead atoms. The van der Waals surface area contributed by atoms with E-state index in [0.29, 0.717) is 17.5 Å². The van der Waals surface area contributed by atoms with Crippen molar-refractivity contribution in [1.29, 1.82) is 0 Å². The molecule has 0 unspecified atom stereocenters. The summed E-state index contributed by atoms with van der Waals surface area (Å²) in [6.07, 6.45) is 5.28. The lowest BCUT2D eigenvalue weighted by Gasteiger charge is -2.31. The molecule has 2 aromatic rings. The zero-order valence-electron chi connectivity index (χ0n) is 13.2. The van der Waals surface area contributed by atoms with E-state index in [2.05, 4.69) is 15.1 Å². The molecule has 22 heavy (non-hydrogen) atoms. The Labute approximate surface area is 129 Å². The van der Waals surface area contributed by atoms with Crippen molar-refractivity contribution in [3.63, 3.8) is 0 Å². The Morgan fingerprint density at radius 1 is 1.36 bits per heavy atom. The van der Waals surface area contributed by atoms with E-state index in [1.54, 1.807) is 6.20 Å². The fourth-order valence-corrected chi connectivity index (χ4v) is 2.78. The third kappa shape index (κ3) is 2.75. The number of imidazole rings is 1. The molecule has 0 aromatic carbocycles. The number of aryl methyl sites for hydroxylation is 1. The molecule has 1 aliphatic heterocycles. The fourth-order valence-electron chi connectivity index (χ4n) is 2.78. The van der Waals surface area contributed by atoms with Gasteiger partial charge < -0.3 is 14.0 Å². The number of hydrogen-bond acceptors (Lipinski definition) is 5. The number of piperidine rings is 1. The molecule has 1 amide bonds. The summed E-state index contributed by atoms with van der Waals surface area (Å²) in [5.41, 5.74) is 0. The molecule has 0 saturated carbocycles. The van der Waals surface area contributed by atoms with E-state index >= 15 is 0 Å². The molecule has 0 aliphatic carbocycles. The topological polar surface area (TPSA) is 77.1 Å². The van der Waals surface area contributed by atoms with Gasteiger partial charge in [0.25, 0.3) is 0 Å². The lowest BCUT2D eigenvalue weighted by atomic mass is 9.96. The molecule has 2 aromatic heterocycles. The van der Waals surface area contributed by atoms with Crippen LogP contribution in [0.4, 0.5) is 0 Å². The number of rotatable bonds is 3. The molecule has 1 saturated heterocycles. The first kappa shape index (κ1) is 14.7. The second-order valence-electron chi connectivity index (χ2n) is 6.07. The highest BCUT2D eigenvalue weighted by Gasteiger charge is 2.28. The molecule has 0 atom stereocenters. The van der Waals surface area contributed by atoms with Crippen molar-refractivity contribution in [3.05, 3.63) is 18.3 Å². The van der Waals surface area contributed by atoms with Crippen molar-refractivity contribution in [2.75, 3.05) is 13.1 Å². The number of carbonyl (C=O) groups is 1. The number of nitrogens with zero attached hydrogens (tertiary/aromatic N) is 5. The van der Waals surface area contributed by atoms with E-state index in [0.717, 1.165) is 25.9 Å². The highest BCUT2D eigenvalue weighted by Crippen LogP contribution is 2.28. The van der Waals surface area contributed by atoms with Crippen molar-refractivity contribution >= 4 is 5.91 Å². The smallest absolute Gasteiger partial charge is 0.238 e. The number of amides is 1. The summed E-state index contributed by atoms with van der Waals surface area (Å²) in [6.45, 7) is 5.38. The van der Waals surface area contributed by atoms with E-state index in [-0.39, 0.29) is 17.7 Å². The summed E-state index contributed by atoms with van der Waals surface area (Å²) in [5, 5.41) is 4.03. The maximum Gasteiger partial charge on any atom is 0.238 e. The van der Waals surface area contributed by atoms with Crippen LogP contribution in [-0.2, 0) is 11.8 Å². The molecular weight excluding hydrogens is 282 g/mol. The van der Waals surface area contributed by atoms with E-state index in [4.69, 9.17) is 4.52 Å². The Bertz CT molecular complexity index is 652. The van der Waals surface area contributed by atoms with Crippen molar-refractivity contribution in [3.8, 4) is 11.6 Å². The Hall–Kier alpha value is -2.18. The number of hydrogen-bond donors (Lipinski definition) is 0.